The number of ether oxygens (including phenoxy) is 1. The molecule has 1 aliphatic heterocycles. The number of aryl methyl sites for hydroxylation is 2. The Bertz CT molecular complexity index is 718. The molecule has 7 heteroatoms. The van der Waals surface area contributed by atoms with Gasteiger partial charge in [0.2, 0.25) is 5.91 Å². The van der Waals surface area contributed by atoms with Crippen LogP contribution >= 0.6 is 0 Å². The smallest absolute Gasteiger partial charge is 0.410 e. The number of H-pyrrole nitrogens is 1. The third kappa shape index (κ3) is 4.84. The second-order valence-electron chi connectivity index (χ2n) is 7.49. The Kier molecular flexibility index (Phi) is 5.55. The van der Waals surface area contributed by atoms with E-state index in [0.29, 0.717) is 18.5 Å². The standard InChI is InChI=1S/C18H27N3O4/c1-11-9-12(2)20-15(22)13(11)10-19-16(23)14-7-6-8-21(14)17(24)25-18(3,4)5/h9,14H,6-8,10H2,1-5H3,(H,19,23)(H,20,22). The molecule has 25 heavy (non-hydrogen) atoms. The summed E-state index contributed by atoms with van der Waals surface area (Å²) in [6, 6.07) is 1.31. The summed E-state index contributed by atoms with van der Waals surface area (Å²) in [5.74, 6) is -0.261. The van der Waals surface area contributed by atoms with Crippen molar-refractivity contribution in [3.8, 4) is 0 Å². The van der Waals surface area contributed by atoms with Crippen molar-refractivity contribution in [1.82, 2.24) is 15.2 Å². The van der Waals surface area contributed by atoms with Crippen molar-refractivity contribution in [2.75, 3.05) is 6.54 Å². The Labute approximate surface area is 147 Å². The molecule has 1 aromatic heterocycles. The number of hydrogen-bond acceptors (Lipinski definition) is 4. The third-order valence-electron chi connectivity index (χ3n) is 4.12. The highest BCUT2D eigenvalue weighted by atomic mass is 16.6. The van der Waals surface area contributed by atoms with E-state index in [-0.39, 0.29) is 18.0 Å². The molecule has 1 atom stereocenters. The molecule has 2 amide bonds. The molecule has 2 N–H and O–H groups in total. The summed E-state index contributed by atoms with van der Waals surface area (Å²) in [6.07, 6.45) is 0.866. The summed E-state index contributed by atoms with van der Waals surface area (Å²) in [5, 5.41) is 2.78. The maximum Gasteiger partial charge on any atom is 0.410 e. The Hall–Kier alpha value is -2.31. The fraction of sp³-hybridized carbons (Fsp3) is 0.611. The zero-order valence-corrected chi connectivity index (χ0v) is 15.6. The van der Waals surface area contributed by atoms with E-state index in [1.54, 1.807) is 20.8 Å². The summed E-state index contributed by atoms with van der Waals surface area (Å²) < 4.78 is 5.37. The van der Waals surface area contributed by atoms with Crippen molar-refractivity contribution >= 4 is 12.0 Å². The summed E-state index contributed by atoms with van der Waals surface area (Å²) in [7, 11) is 0. The number of hydrogen-bond donors (Lipinski definition) is 2. The summed E-state index contributed by atoms with van der Waals surface area (Å²) in [6.45, 7) is 9.67. The molecule has 2 heterocycles. The molecule has 1 unspecified atom stereocenters. The molecule has 0 radical (unpaired) electrons. The zero-order valence-electron chi connectivity index (χ0n) is 15.6. The van der Waals surface area contributed by atoms with Crippen molar-refractivity contribution in [3.05, 3.63) is 33.2 Å². The molecule has 1 aliphatic rings. The van der Waals surface area contributed by atoms with Crippen molar-refractivity contribution in [2.24, 2.45) is 0 Å². The van der Waals surface area contributed by atoms with Gasteiger partial charge in [0, 0.05) is 24.3 Å². The van der Waals surface area contributed by atoms with Gasteiger partial charge in [0.1, 0.15) is 11.6 Å². The second-order valence-corrected chi connectivity index (χ2v) is 7.49. The van der Waals surface area contributed by atoms with E-state index in [1.165, 1.54) is 4.90 Å². The van der Waals surface area contributed by atoms with Crippen molar-refractivity contribution < 1.29 is 14.3 Å². The van der Waals surface area contributed by atoms with E-state index in [1.807, 2.05) is 19.9 Å². The van der Waals surface area contributed by atoms with E-state index in [2.05, 4.69) is 10.3 Å². The fourth-order valence-corrected chi connectivity index (χ4v) is 2.97. The first-order valence-corrected chi connectivity index (χ1v) is 8.55. The van der Waals surface area contributed by atoms with Crippen LogP contribution in [-0.2, 0) is 16.1 Å². The number of aromatic amines is 1. The Morgan fingerprint density at radius 3 is 2.64 bits per heavy atom. The van der Waals surface area contributed by atoms with Crippen LogP contribution < -0.4 is 10.9 Å². The van der Waals surface area contributed by atoms with Gasteiger partial charge in [-0.15, -0.1) is 0 Å². The highest BCUT2D eigenvalue weighted by Crippen LogP contribution is 2.21. The summed E-state index contributed by atoms with van der Waals surface area (Å²) in [5.41, 5.74) is 1.34. The van der Waals surface area contributed by atoms with Crippen LogP contribution in [-0.4, -0.2) is 40.1 Å². The van der Waals surface area contributed by atoms with Gasteiger partial charge in [0.15, 0.2) is 0 Å². The van der Waals surface area contributed by atoms with Gasteiger partial charge in [-0.3, -0.25) is 14.5 Å². The lowest BCUT2D eigenvalue weighted by molar-refractivity contribution is -0.125. The third-order valence-corrected chi connectivity index (χ3v) is 4.12. The Morgan fingerprint density at radius 2 is 2.04 bits per heavy atom. The van der Waals surface area contributed by atoms with E-state index in [0.717, 1.165) is 17.7 Å². The molecule has 0 spiro atoms. The average molecular weight is 349 g/mol. The normalized spacial score (nSPS) is 17.5. The lowest BCUT2D eigenvalue weighted by atomic mass is 10.1. The molecule has 1 saturated heterocycles. The van der Waals surface area contributed by atoms with Crippen LogP contribution in [0, 0.1) is 13.8 Å². The molecule has 0 bridgehead atoms. The number of rotatable bonds is 3. The minimum Gasteiger partial charge on any atom is -0.444 e. The number of amides is 2. The maximum absolute atomic E-state index is 12.5. The Morgan fingerprint density at radius 1 is 1.36 bits per heavy atom. The monoisotopic (exact) mass is 349 g/mol. The predicted octanol–water partition coefficient (Wildman–Crippen LogP) is 2.01. The first-order chi connectivity index (χ1) is 11.6. The van der Waals surface area contributed by atoms with Gasteiger partial charge in [0.05, 0.1) is 0 Å². The Balaban J connectivity index is 2.03. The highest BCUT2D eigenvalue weighted by molar-refractivity contribution is 5.86. The van der Waals surface area contributed by atoms with Crippen LogP contribution in [0.1, 0.15) is 50.4 Å². The van der Waals surface area contributed by atoms with Crippen LogP contribution in [0.2, 0.25) is 0 Å². The number of pyridine rings is 1. The number of nitrogens with zero attached hydrogens (tertiary/aromatic N) is 1. The molecule has 1 fully saturated rings. The molecule has 0 aliphatic carbocycles. The predicted molar refractivity (Wildman–Crippen MR) is 94.3 cm³/mol. The highest BCUT2D eigenvalue weighted by Gasteiger charge is 2.36. The molecule has 138 valence electrons. The van der Waals surface area contributed by atoms with Crippen LogP contribution in [0.5, 0.6) is 0 Å². The van der Waals surface area contributed by atoms with E-state index in [4.69, 9.17) is 4.74 Å². The second kappa shape index (κ2) is 7.29. The number of nitrogens with one attached hydrogen (secondary N) is 2. The van der Waals surface area contributed by atoms with Crippen molar-refractivity contribution in [1.29, 1.82) is 0 Å². The van der Waals surface area contributed by atoms with Gasteiger partial charge in [-0.1, -0.05) is 0 Å². The molecular weight excluding hydrogens is 322 g/mol. The minimum absolute atomic E-state index is 0.138. The van der Waals surface area contributed by atoms with E-state index < -0.39 is 17.7 Å². The van der Waals surface area contributed by atoms with Crippen LogP contribution in [0.15, 0.2) is 10.9 Å². The quantitative estimate of drug-likeness (QED) is 0.873. The summed E-state index contributed by atoms with van der Waals surface area (Å²) >= 11 is 0. The van der Waals surface area contributed by atoms with Gasteiger partial charge in [-0.2, -0.15) is 0 Å². The van der Waals surface area contributed by atoms with E-state index in [9.17, 15) is 14.4 Å². The number of carbonyl (C=O) groups excluding carboxylic acids is 2. The van der Waals surface area contributed by atoms with Crippen LogP contribution in [0.4, 0.5) is 4.79 Å². The van der Waals surface area contributed by atoms with Crippen LogP contribution in [0.25, 0.3) is 0 Å². The first-order valence-electron chi connectivity index (χ1n) is 8.55. The molecule has 0 saturated carbocycles. The van der Waals surface area contributed by atoms with Gasteiger partial charge in [0.25, 0.3) is 5.56 Å². The SMILES string of the molecule is Cc1cc(C)c(CNC(=O)C2CCCN2C(=O)OC(C)(C)C)c(=O)[nH]1. The number of carbonyl (C=O) groups is 2. The topological polar surface area (TPSA) is 91.5 Å². The molecular formula is C18H27N3O4. The van der Waals surface area contributed by atoms with Gasteiger partial charge >= 0.3 is 6.09 Å². The van der Waals surface area contributed by atoms with Gasteiger partial charge in [-0.05, 0) is 59.1 Å². The summed E-state index contributed by atoms with van der Waals surface area (Å²) in [4.78, 5) is 41.0. The van der Waals surface area contributed by atoms with Crippen molar-refractivity contribution in [2.45, 2.75) is 65.6 Å². The number of likely N-dealkylation sites (tertiary alicyclic amines) is 1. The lowest BCUT2D eigenvalue weighted by Gasteiger charge is -2.28. The minimum atomic E-state index is -0.604. The van der Waals surface area contributed by atoms with E-state index >= 15 is 0 Å². The first kappa shape index (κ1) is 19.0. The fourth-order valence-electron chi connectivity index (χ4n) is 2.97. The average Bonchev–Trinajstić information content (AvgIpc) is 2.93. The molecule has 2 rings (SSSR count). The van der Waals surface area contributed by atoms with Gasteiger partial charge < -0.3 is 15.0 Å². The van der Waals surface area contributed by atoms with Crippen LogP contribution in [0.3, 0.4) is 0 Å². The van der Waals surface area contributed by atoms with Gasteiger partial charge in [-0.25, -0.2) is 4.79 Å². The molecule has 1 aromatic rings. The molecule has 7 nitrogen and oxygen atoms in total. The van der Waals surface area contributed by atoms with Crippen molar-refractivity contribution in [3.63, 3.8) is 0 Å². The molecule has 0 aromatic carbocycles. The lowest BCUT2D eigenvalue weighted by Crippen LogP contribution is -2.47. The largest absolute Gasteiger partial charge is 0.444 e. The number of aromatic nitrogens is 1. The maximum atomic E-state index is 12.5. The zero-order chi connectivity index (χ0) is 18.8.